The summed E-state index contributed by atoms with van der Waals surface area (Å²) in [4.78, 5) is 0. The molecule has 1 rings (SSSR count). The predicted molar refractivity (Wildman–Crippen MR) is 44.6 cm³/mol. The van der Waals surface area contributed by atoms with Crippen LogP contribution in [0.2, 0.25) is 0 Å². The molecule has 0 radical (unpaired) electrons. The predicted octanol–water partition coefficient (Wildman–Crippen LogP) is -5.88. The van der Waals surface area contributed by atoms with Crippen molar-refractivity contribution in [2.45, 2.75) is 34.6 Å². The van der Waals surface area contributed by atoms with Crippen LogP contribution in [0.15, 0.2) is 16.7 Å². The Morgan fingerprint density at radius 1 is 0.929 bits per heavy atom. The van der Waals surface area contributed by atoms with Crippen LogP contribution in [-0.2, 0) is 25.8 Å². The van der Waals surface area contributed by atoms with Crippen molar-refractivity contribution < 1.29 is 97.8 Å². The monoisotopic (exact) mass is 696 g/mol. The Bertz CT molecular complexity index is 230. The zero-order valence-corrected chi connectivity index (χ0v) is 19.2. The van der Waals surface area contributed by atoms with Gasteiger partial charge in [-0.15, -0.1) is 6.92 Å². The van der Waals surface area contributed by atoms with Gasteiger partial charge in [0.25, 0.3) is 0 Å². The van der Waals surface area contributed by atoms with Crippen molar-refractivity contribution in [2.24, 2.45) is 5.41 Å². The van der Waals surface area contributed by atoms with E-state index in [0.717, 1.165) is 0 Å². The van der Waals surface area contributed by atoms with Gasteiger partial charge in [0.15, 0.2) is 0 Å². The third kappa shape index (κ3) is 5.75. The molecular weight excluding hydrogens is 679 g/mol. The molecule has 4 heteroatoms. The second-order valence-corrected chi connectivity index (χ2v) is 3.62. The molecule has 0 atom stereocenters. The molecule has 0 aromatic heterocycles. The van der Waals surface area contributed by atoms with Gasteiger partial charge in [-0.25, -0.2) is 5.57 Å². The van der Waals surface area contributed by atoms with E-state index in [1.54, 1.807) is 0 Å². The summed E-state index contributed by atoms with van der Waals surface area (Å²) in [6.07, 6.45) is 3.44. The zero-order chi connectivity index (χ0) is 7.94. The van der Waals surface area contributed by atoms with Crippen LogP contribution in [0.4, 0.5) is 0 Å². The largest absolute Gasteiger partial charge is 4.00 e. The second kappa shape index (κ2) is 9.56. The second-order valence-electron chi connectivity index (χ2n) is 3.62. The summed E-state index contributed by atoms with van der Waals surface area (Å²) in [5, 5.41) is 0. The summed E-state index contributed by atoms with van der Waals surface area (Å²) < 4.78 is 0. The molecule has 0 aliphatic heterocycles. The Balaban J connectivity index is -0.000000125. The molecule has 0 amide bonds. The molecule has 0 saturated carbocycles. The molecule has 0 aromatic rings. The van der Waals surface area contributed by atoms with Crippen molar-refractivity contribution in [3.05, 3.63) is 22.8 Å². The third-order valence-corrected chi connectivity index (χ3v) is 2.56. The molecule has 1 aliphatic carbocycles. The fraction of sp³-hybridized carbons (Fsp3) is 0.600. The van der Waals surface area contributed by atoms with E-state index in [2.05, 4.69) is 40.7 Å². The molecule has 1 aliphatic rings. The Kier molecular flexibility index (Phi) is 17.3. The van der Waals surface area contributed by atoms with Gasteiger partial charge in [-0.3, -0.25) is 6.08 Å². The zero-order valence-electron chi connectivity index (χ0n) is 9.13. The van der Waals surface area contributed by atoms with Crippen molar-refractivity contribution >= 4 is 0 Å². The Labute approximate surface area is 158 Å². The van der Waals surface area contributed by atoms with E-state index in [9.17, 15) is 0 Å². The summed E-state index contributed by atoms with van der Waals surface area (Å²) in [6, 6.07) is 0. The number of rotatable bonds is 0. The van der Waals surface area contributed by atoms with Gasteiger partial charge >= 0.3 is 25.8 Å². The molecule has 0 spiro atoms. The standard InChI is InChI=1S/C10H15.Hf.3HI/c1-7-6-10(4,5)9(3)8(7)2;;;;/h1-5H3;;3*1H/q-1;+4;;;/p-3. The summed E-state index contributed by atoms with van der Waals surface area (Å²) in [7, 11) is 0. The summed E-state index contributed by atoms with van der Waals surface area (Å²) in [5.41, 5.74) is 4.39. The van der Waals surface area contributed by atoms with Gasteiger partial charge in [0, 0.05) is 0 Å². The van der Waals surface area contributed by atoms with Crippen molar-refractivity contribution in [3.8, 4) is 0 Å². The summed E-state index contributed by atoms with van der Waals surface area (Å²) in [6.45, 7) is 10.9. The van der Waals surface area contributed by atoms with E-state index in [1.165, 1.54) is 16.7 Å². The number of hydrogen-bond donors (Lipinski definition) is 0. The smallest absolute Gasteiger partial charge is 1.00 e. The summed E-state index contributed by atoms with van der Waals surface area (Å²) in [5.74, 6) is 0. The fourth-order valence-electron chi connectivity index (χ4n) is 1.41. The van der Waals surface area contributed by atoms with Crippen LogP contribution in [-0.4, -0.2) is 0 Å². The average molecular weight is 694 g/mol. The van der Waals surface area contributed by atoms with Crippen LogP contribution in [0.1, 0.15) is 34.6 Å². The number of hydrogen-bond acceptors (Lipinski definition) is 0. The first-order valence-corrected chi connectivity index (χ1v) is 3.75. The van der Waals surface area contributed by atoms with Gasteiger partial charge in [-0.05, 0) is 0 Å². The average Bonchev–Trinajstić information content (AvgIpc) is 1.95. The molecule has 80 valence electrons. The minimum Gasteiger partial charge on any atom is -1.00 e. The molecule has 0 fully saturated rings. The SMILES string of the molecule is CC1=[C-]C(C)(C)C(C)=C1C.[Hf+4].[I-].[I-].[I-]. The van der Waals surface area contributed by atoms with Crippen LogP contribution in [0.3, 0.4) is 0 Å². The molecule has 0 heterocycles. The maximum atomic E-state index is 3.44. The Hall–Kier alpha value is 2.54. The minimum atomic E-state index is 0. The number of halogens is 3. The van der Waals surface area contributed by atoms with Crippen molar-refractivity contribution in [2.75, 3.05) is 0 Å². The van der Waals surface area contributed by atoms with Crippen LogP contribution >= 0.6 is 0 Å². The molecule has 0 N–H and O–H groups in total. The van der Waals surface area contributed by atoms with E-state index in [0.29, 0.717) is 0 Å². The quantitative estimate of drug-likeness (QED) is 0.135. The normalized spacial score (nSPS) is 16.8. The third-order valence-electron chi connectivity index (χ3n) is 2.56. The molecular formula is C10H15HfI3. The van der Waals surface area contributed by atoms with Crippen molar-refractivity contribution in [1.82, 2.24) is 0 Å². The summed E-state index contributed by atoms with van der Waals surface area (Å²) >= 11 is 0. The Morgan fingerprint density at radius 2 is 1.29 bits per heavy atom. The first-order valence-electron chi connectivity index (χ1n) is 3.75. The molecule has 0 unspecified atom stereocenters. The van der Waals surface area contributed by atoms with Gasteiger partial charge in [0.05, 0.1) is 0 Å². The fourth-order valence-corrected chi connectivity index (χ4v) is 1.41. The Morgan fingerprint density at radius 3 is 1.36 bits per heavy atom. The van der Waals surface area contributed by atoms with Gasteiger partial charge < -0.3 is 71.9 Å². The van der Waals surface area contributed by atoms with E-state index < -0.39 is 0 Å². The number of allylic oxidation sites excluding steroid dienone is 4. The van der Waals surface area contributed by atoms with Crippen LogP contribution in [0.5, 0.6) is 0 Å². The van der Waals surface area contributed by atoms with Crippen molar-refractivity contribution in [1.29, 1.82) is 0 Å². The molecule has 0 aromatic carbocycles. The minimum absolute atomic E-state index is 0. The van der Waals surface area contributed by atoms with E-state index in [4.69, 9.17) is 0 Å². The topological polar surface area (TPSA) is 0 Å². The molecule has 0 bridgehead atoms. The van der Waals surface area contributed by atoms with Gasteiger partial charge in [0.2, 0.25) is 0 Å². The van der Waals surface area contributed by atoms with E-state index in [-0.39, 0.29) is 103 Å². The van der Waals surface area contributed by atoms with Crippen molar-refractivity contribution in [3.63, 3.8) is 0 Å². The van der Waals surface area contributed by atoms with E-state index in [1.807, 2.05) is 0 Å². The van der Waals surface area contributed by atoms with Crippen LogP contribution in [0.25, 0.3) is 0 Å². The first kappa shape index (κ1) is 25.4. The van der Waals surface area contributed by atoms with Crippen LogP contribution < -0.4 is 71.9 Å². The van der Waals surface area contributed by atoms with E-state index >= 15 is 0 Å². The molecule has 0 saturated heterocycles. The maximum Gasteiger partial charge on any atom is 4.00 e. The van der Waals surface area contributed by atoms with Gasteiger partial charge in [-0.2, -0.15) is 11.1 Å². The van der Waals surface area contributed by atoms with Gasteiger partial charge in [0.1, 0.15) is 0 Å². The first-order chi connectivity index (χ1) is 4.45. The molecule has 14 heavy (non-hydrogen) atoms. The van der Waals surface area contributed by atoms with Crippen LogP contribution in [0, 0.1) is 11.5 Å². The maximum absolute atomic E-state index is 3.44. The molecule has 0 nitrogen and oxygen atoms in total. The van der Waals surface area contributed by atoms with Gasteiger partial charge in [-0.1, -0.05) is 33.1 Å².